The Hall–Kier alpha value is -1.15. The highest BCUT2D eigenvalue weighted by atomic mass is 32.1. The average Bonchev–Trinajstić information content (AvgIpc) is 2.58. The van der Waals surface area contributed by atoms with E-state index in [1.807, 2.05) is 11.3 Å². The van der Waals surface area contributed by atoms with Crippen LogP contribution < -0.4 is 4.57 Å². The van der Waals surface area contributed by atoms with Crippen molar-refractivity contribution in [3.8, 4) is 5.69 Å². The molecule has 0 amide bonds. The van der Waals surface area contributed by atoms with Crippen molar-refractivity contribution in [2.75, 3.05) is 0 Å². The van der Waals surface area contributed by atoms with Crippen LogP contribution in [-0.4, -0.2) is 0 Å². The molecule has 1 aromatic carbocycles. The molecule has 1 aliphatic carbocycles. The summed E-state index contributed by atoms with van der Waals surface area (Å²) in [6, 6.07) is 4.60. The number of aryl methyl sites for hydroxylation is 4. The van der Waals surface area contributed by atoms with Gasteiger partial charge in [-0.15, -0.1) is 0 Å². The van der Waals surface area contributed by atoms with E-state index < -0.39 is 0 Å². The fourth-order valence-corrected chi connectivity index (χ4v) is 4.40. The van der Waals surface area contributed by atoms with E-state index in [-0.39, 0.29) is 0 Å². The van der Waals surface area contributed by atoms with Crippen LogP contribution in [0.15, 0.2) is 17.6 Å². The topological polar surface area (TPSA) is 3.88 Å². The summed E-state index contributed by atoms with van der Waals surface area (Å²) in [7, 11) is 0. The third-order valence-corrected chi connectivity index (χ3v) is 5.15. The molecule has 3 rings (SSSR count). The summed E-state index contributed by atoms with van der Waals surface area (Å²) in [6.45, 7) is 6.66. The van der Waals surface area contributed by atoms with E-state index in [0.29, 0.717) is 0 Å². The molecular formula is C17H22NS+. The first-order valence-corrected chi connectivity index (χ1v) is 8.14. The number of nitrogens with zero attached hydrogens (tertiary/aromatic N) is 1. The van der Waals surface area contributed by atoms with Gasteiger partial charge in [-0.2, -0.15) is 4.57 Å². The Morgan fingerprint density at radius 1 is 0.947 bits per heavy atom. The summed E-state index contributed by atoms with van der Waals surface area (Å²) in [6.07, 6.45) is 6.60. The lowest BCUT2D eigenvalue weighted by Gasteiger charge is -2.06. The normalized spacial score (nSPS) is 15.1. The maximum absolute atomic E-state index is 2.47. The molecule has 0 atom stereocenters. The first-order valence-electron chi connectivity index (χ1n) is 7.26. The van der Waals surface area contributed by atoms with Crippen molar-refractivity contribution in [3.63, 3.8) is 0 Å². The van der Waals surface area contributed by atoms with Crippen molar-refractivity contribution >= 4 is 11.3 Å². The Labute approximate surface area is 119 Å². The number of hydrogen-bond acceptors (Lipinski definition) is 1. The number of benzene rings is 1. The first kappa shape index (κ1) is 12.9. The van der Waals surface area contributed by atoms with Gasteiger partial charge in [0.05, 0.1) is 4.88 Å². The van der Waals surface area contributed by atoms with Crippen molar-refractivity contribution in [1.29, 1.82) is 0 Å². The molecule has 1 nitrogen and oxygen atoms in total. The van der Waals surface area contributed by atoms with Gasteiger partial charge in [-0.05, 0) is 52.2 Å². The summed E-state index contributed by atoms with van der Waals surface area (Å²) >= 11 is 1.94. The number of aromatic nitrogens is 1. The Morgan fingerprint density at radius 2 is 1.63 bits per heavy atom. The van der Waals surface area contributed by atoms with E-state index in [2.05, 4.69) is 43.0 Å². The Kier molecular flexibility index (Phi) is 3.44. The SMILES string of the molecule is Cc1cc(C)c(-[n+]2csc3c2CCCCC3)c(C)c1. The minimum absolute atomic E-state index is 1.24. The second-order valence-electron chi connectivity index (χ2n) is 5.77. The van der Waals surface area contributed by atoms with E-state index in [9.17, 15) is 0 Å². The maximum atomic E-state index is 2.47. The molecule has 0 spiro atoms. The molecule has 0 radical (unpaired) electrons. The zero-order chi connectivity index (χ0) is 13.4. The van der Waals surface area contributed by atoms with Crippen molar-refractivity contribution in [2.24, 2.45) is 0 Å². The lowest BCUT2D eigenvalue weighted by atomic mass is 10.0. The number of hydrogen-bond donors (Lipinski definition) is 0. The van der Waals surface area contributed by atoms with Crippen LogP contribution in [0.4, 0.5) is 0 Å². The molecule has 0 fully saturated rings. The summed E-state index contributed by atoms with van der Waals surface area (Å²) in [5, 5.41) is 0. The molecule has 1 aliphatic rings. The lowest BCUT2D eigenvalue weighted by molar-refractivity contribution is -0.600. The van der Waals surface area contributed by atoms with Crippen LogP contribution >= 0.6 is 11.3 Å². The van der Waals surface area contributed by atoms with Crippen LogP contribution in [0.25, 0.3) is 5.69 Å². The van der Waals surface area contributed by atoms with Gasteiger partial charge in [0.2, 0.25) is 16.9 Å². The monoisotopic (exact) mass is 272 g/mol. The van der Waals surface area contributed by atoms with E-state index in [4.69, 9.17) is 0 Å². The van der Waals surface area contributed by atoms with Gasteiger partial charge < -0.3 is 0 Å². The zero-order valence-corrected chi connectivity index (χ0v) is 12.9. The highest BCUT2D eigenvalue weighted by Gasteiger charge is 2.25. The largest absolute Gasteiger partial charge is 0.231 e. The van der Waals surface area contributed by atoms with Crippen LogP contribution in [0.5, 0.6) is 0 Å². The van der Waals surface area contributed by atoms with Gasteiger partial charge in [-0.1, -0.05) is 23.3 Å². The van der Waals surface area contributed by atoms with Gasteiger partial charge in [-0.3, -0.25) is 0 Å². The minimum atomic E-state index is 1.24. The second-order valence-corrected chi connectivity index (χ2v) is 6.71. The lowest BCUT2D eigenvalue weighted by Crippen LogP contribution is -2.35. The van der Waals surface area contributed by atoms with Crippen molar-refractivity contribution in [3.05, 3.63) is 44.9 Å². The fraction of sp³-hybridized carbons (Fsp3) is 0.471. The predicted octanol–water partition coefficient (Wildman–Crippen LogP) is 4.22. The minimum Gasteiger partial charge on any atom is -0.153 e. The maximum Gasteiger partial charge on any atom is 0.231 e. The summed E-state index contributed by atoms with van der Waals surface area (Å²) in [5.74, 6) is 0. The van der Waals surface area contributed by atoms with E-state index in [1.165, 1.54) is 54.5 Å². The highest BCUT2D eigenvalue weighted by Crippen LogP contribution is 2.25. The zero-order valence-electron chi connectivity index (χ0n) is 12.1. The van der Waals surface area contributed by atoms with Gasteiger partial charge in [0, 0.05) is 17.5 Å². The Morgan fingerprint density at radius 3 is 2.37 bits per heavy atom. The van der Waals surface area contributed by atoms with Crippen LogP contribution in [-0.2, 0) is 12.8 Å². The van der Waals surface area contributed by atoms with Crippen molar-refractivity contribution < 1.29 is 4.57 Å². The van der Waals surface area contributed by atoms with Crippen molar-refractivity contribution in [2.45, 2.75) is 52.9 Å². The van der Waals surface area contributed by atoms with E-state index in [1.54, 1.807) is 10.6 Å². The Balaban J connectivity index is 2.15. The molecule has 0 saturated carbocycles. The van der Waals surface area contributed by atoms with E-state index in [0.717, 1.165) is 0 Å². The first-order chi connectivity index (χ1) is 9.16. The molecule has 0 unspecified atom stereocenters. The van der Waals surface area contributed by atoms with Gasteiger partial charge in [0.15, 0.2) is 0 Å². The number of rotatable bonds is 1. The van der Waals surface area contributed by atoms with Crippen molar-refractivity contribution in [1.82, 2.24) is 0 Å². The second kappa shape index (κ2) is 5.09. The quantitative estimate of drug-likeness (QED) is 0.540. The van der Waals surface area contributed by atoms with Gasteiger partial charge in [0.1, 0.15) is 0 Å². The van der Waals surface area contributed by atoms with Crippen LogP contribution in [0.2, 0.25) is 0 Å². The molecule has 0 bridgehead atoms. The average molecular weight is 272 g/mol. The van der Waals surface area contributed by atoms with E-state index >= 15 is 0 Å². The molecule has 2 aromatic rings. The van der Waals surface area contributed by atoms with Crippen LogP contribution in [0, 0.1) is 20.8 Å². The predicted molar refractivity (Wildman–Crippen MR) is 81.3 cm³/mol. The number of thiazole rings is 1. The summed E-state index contributed by atoms with van der Waals surface area (Å²) < 4.78 is 2.47. The molecule has 1 heterocycles. The Bertz CT molecular complexity index is 587. The standard InChI is InChI=1S/C17H22NS/c1-12-9-13(2)17(14(3)10-12)18-11-19-16-8-6-4-5-7-15(16)18/h9-11H,4-8H2,1-3H3/q+1. The smallest absolute Gasteiger partial charge is 0.153 e. The molecule has 100 valence electrons. The third kappa shape index (κ3) is 2.34. The summed E-state index contributed by atoms with van der Waals surface area (Å²) in [4.78, 5) is 1.61. The molecule has 0 aliphatic heterocycles. The van der Waals surface area contributed by atoms with Gasteiger partial charge in [-0.25, -0.2) is 0 Å². The molecular weight excluding hydrogens is 250 g/mol. The van der Waals surface area contributed by atoms with Gasteiger partial charge >= 0.3 is 0 Å². The molecule has 1 aromatic heterocycles. The molecule has 0 saturated heterocycles. The number of fused-ring (bicyclic) bond motifs is 1. The van der Waals surface area contributed by atoms with Crippen LogP contribution in [0.3, 0.4) is 0 Å². The molecule has 0 N–H and O–H groups in total. The van der Waals surface area contributed by atoms with Gasteiger partial charge in [0.25, 0.3) is 0 Å². The fourth-order valence-electron chi connectivity index (χ4n) is 3.34. The third-order valence-electron chi connectivity index (χ3n) is 4.11. The summed E-state index contributed by atoms with van der Waals surface area (Å²) in [5.41, 5.74) is 9.45. The van der Waals surface area contributed by atoms with Crippen LogP contribution in [0.1, 0.15) is 46.5 Å². The highest BCUT2D eigenvalue weighted by molar-refractivity contribution is 7.09. The molecule has 19 heavy (non-hydrogen) atoms. The molecule has 2 heteroatoms.